The molecular weight excluding hydrogens is 338 g/mol. The normalized spacial score (nSPS) is 12.2. The van der Waals surface area contributed by atoms with E-state index in [0.29, 0.717) is 23.9 Å². The highest BCUT2D eigenvalue weighted by molar-refractivity contribution is 5.92. The molecule has 2 aromatic rings. The number of carbonyl (C=O) groups is 1. The predicted octanol–water partition coefficient (Wildman–Crippen LogP) is 4.66. The molecule has 0 fully saturated rings. The summed E-state index contributed by atoms with van der Waals surface area (Å²) in [6.45, 7) is 8.08. The Hall–Kier alpha value is -2.69. The van der Waals surface area contributed by atoms with Crippen LogP contribution >= 0.6 is 0 Å². The minimum atomic E-state index is -0.0244. The summed E-state index contributed by atoms with van der Waals surface area (Å²) in [6, 6.07) is 6.07. The largest absolute Gasteiger partial charge is 0.497 e. The van der Waals surface area contributed by atoms with E-state index in [2.05, 4.69) is 11.4 Å². The van der Waals surface area contributed by atoms with Crippen LogP contribution in [-0.2, 0) is 17.6 Å². The zero-order chi connectivity index (χ0) is 19.6. The van der Waals surface area contributed by atoms with Gasteiger partial charge >= 0.3 is 0 Å². The van der Waals surface area contributed by atoms with Crippen LogP contribution in [-0.4, -0.2) is 23.0 Å². The number of rotatable bonds is 5. The molecule has 27 heavy (non-hydrogen) atoms. The number of nitrogens with one attached hydrogen (secondary N) is 1. The molecule has 0 spiro atoms. The minimum absolute atomic E-state index is 0.0244. The summed E-state index contributed by atoms with van der Waals surface area (Å²) < 4.78 is 5.35. The SMILES string of the molecule is COc1ccc2c(c1)CCc1nc(NC(=O)CC(C)C)c(C=C(C)C)nc1-2. The Labute approximate surface area is 160 Å². The second-order valence-electron chi connectivity index (χ2n) is 7.64. The van der Waals surface area contributed by atoms with Crippen LogP contribution < -0.4 is 10.1 Å². The molecule has 0 saturated heterocycles. The zero-order valence-corrected chi connectivity index (χ0v) is 16.7. The van der Waals surface area contributed by atoms with Crippen molar-refractivity contribution < 1.29 is 9.53 Å². The molecule has 1 aromatic heterocycles. The van der Waals surface area contributed by atoms with E-state index in [-0.39, 0.29) is 5.91 Å². The topological polar surface area (TPSA) is 64.1 Å². The number of fused-ring (bicyclic) bond motifs is 3. The van der Waals surface area contributed by atoms with Crippen molar-refractivity contribution in [3.05, 3.63) is 40.7 Å². The summed E-state index contributed by atoms with van der Waals surface area (Å²) in [6.07, 6.45) is 4.12. The van der Waals surface area contributed by atoms with Crippen molar-refractivity contribution in [2.45, 2.75) is 47.0 Å². The number of aromatic nitrogens is 2. The number of methoxy groups -OCH3 is 1. The second-order valence-corrected chi connectivity index (χ2v) is 7.64. The van der Waals surface area contributed by atoms with Gasteiger partial charge in [0.05, 0.1) is 18.5 Å². The molecule has 1 aliphatic rings. The Morgan fingerprint density at radius 1 is 1.26 bits per heavy atom. The number of ether oxygens (including phenoxy) is 1. The summed E-state index contributed by atoms with van der Waals surface area (Å²) in [7, 11) is 1.68. The maximum absolute atomic E-state index is 12.3. The van der Waals surface area contributed by atoms with Crippen LogP contribution in [0.15, 0.2) is 23.8 Å². The quantitative estimate of drug-likeness (QED) is 0.837. The molecule has 0 atom stereocenters. The van der Waals surface area contributed by atoms with Crippen LogP contribution in [0.4, 0.5) is 5.82 Å². The van der Waals surface area contributed by atoms with Gasteiger partial charge in [-0.1, -0.05) is 19.4 Å². The first-order valence-corrected chi connectivity index (χ1v) is 9.40. The second kappa shape index (κ2) is 7.91. The van der Waals surface area contributed by atoms with Gasteiger partial charge in [0, 0.05) is 12.0 Å². The summed E-state index contributed by atoms with van der Waals surface area (Å²) in [5.74, 6) is 1.68. The van der Waals surface area contributed by atoms with E-state index in [4.69, 9.17) is 14.7 Å². The standard InChI is InChI=1S/C22H27N3O2/c1-13(2)10-19-22(25-20(26)11-14(3)4)24-18-9-6-15-12-16(27-5)7-8-17(15)21(18)23-19/h7-8,10,12,14H,6,9,11H2,1-5H3,(H,24,25,26). The van der Waals surface area contributed by atoms with Gasteiger partial charge in [0.1, 0.15) is 11.4 Å². The smallest absolute Gasteiger partial charge is 0.225 e. The highest BCUT2D eigenvalue weighted by Gasteiger charge is 2.22. The Morgan fingerprint density at radius 2 is 2.04 bits per heavy atom. The van der Waals surface area contributed by atoms with Crippen molar-refractivity contribution >= 4 is 17.8 Å². The van der Waals surface area contributed by atoms with Crippen molar-refractivity contribution in [3.8, 4) is 17.0 Å². The fourth-order valence-electron chi connectivity index (χ4n) is 3.28. The fourth-order valence-corrected chi connectivity index (χ4v) is 3.28. The number of benzene rings is 1. The maximum Gasteiger partial charge on any atom is 0.225 e. The maximum atomic E-state index is 12.3. The van der Waals surface area contributed by atoms with Crippen LogP contribution in [0.3, 0.4) is 0 Å². The summed E-state index contributed by atoms with van der Waals surface area (Å²) >= 11 is 0. The number of anilines is 1. The number of nitrogens with zero attached hydrogens (tertiary/aromatic N) is 2. The highest BCUT2D eigenvalue weighted by atomic mass is 16.5. The fraction of sp³-hybridized carbons (Fsp3) is 0.409. The molecule has 0 aliphatic heterocycles. The Bertz CT molecular complexity index is 897. The molecule has 5 nitrogen and oxygen atoms in total. The molecule has 142 valence electrons. The summed E-state index contributed by atoms with van der Waals surface area (Å²) in [5.41, 5.74) is 5.94. The average molecular weight is 365 g/mol. The molecule has 0 bridgehead atoms. The van der Waals surface area contributed by atoms with Gasteiger partial charge in [-0.2, -0.15) is 0 Å². The third kappa shape index (κ3) is 4.35. The van der Waals surface area contributed by atoms with E-state index in [0.717, 1.165) is 41.1 Å². The van der Waals surface area contributed by atoms with Crippen molar-refractivity contribution in [1.82, 2.24) is 9.97 Å². The molecule has 3 rings (SSSR count). The number of hydrogen-bond donors (Lipinski definition) is 1. The molecule has 5 heteroatoms. The molecule has 0 radical (unpaired) electrons. The lowest BCUT2D eigenvalue weighted by molar-refractivity contribution is -0.116. The Balaban J connectivity index is 2.05. The van der Waals surface area contributed by atoms with E-state index in [1.165, 1.54) is 5.56 Å². The summed E-state index contributed by atoms with van der Waals surface area (Å²) in [4.78, 5) is 22.0. The van der Waals surface area contributed by atoms with E-state index in [1.54, 1.807) is 7.11 Å². The minimum Gasteiger partial charge on any atom is -0.497 e. The van der Waals surface area contributed by atoms with Crippen molar-refractivity contribution in [2.75, 3.05) is 12.4 Å². The number of allylic oxidation sites excluding steroid dienone is 1. The van der Waals surface area contributed by atoms with E-state index in [9.17, 15) is 4.79 Å². The highest BCUT2D eigenvalue weighted by Crippen LogP contribution is 2.35. The van der Waals surface area contributed by atoms with Gasteiger partial charge in [-0.25, -0.2) is 9.97 Å². The number of aryl methyl sites for hydroxylation is 2. The van der Waals surface area contributed by atoms with Crippen LogP contribution in [0.1, 0.15) is 51.1 Å². The van der Waals surface area contributed by atoms with Crippen molar-refractivity contribution in [1.29, 1.82) is 0 Å². The average Bonchev–Trinajstić information content (AvgIpc) is 2.60. The van der Waals surface area contributed by atoms with E-state index in [1.807, 2.05) is 45.9 Å². The molecule has 1 aliphatic carbocycles. The molecule has 1 heterocycles. The first-order valence-electron chi connectivity index (χ1n) is 9.40. The van der Waals surface area contributed by atoms with Gasteiger partial charge in [0.25, 0.3) is 0 Å². The molecule has 1 N–H and O–H groups in total. The molecule has 1 aromatic carbocycles. The lowest BCUT2D eigenvalue weighted by Gasteiger charge is -2.21. The van der Waals surface area contributed by atoms with E-state index < -0.39 is 0 Å². The lowest BCUT2D eigenvalue weighted by atomic mass is 9.91. The van der Waals surface area contributed by atoms with Gasteiger partial charge in [-0.3, -0.25) is 4.79 Å². The van der Waals surface area contributed by atoms with Crippen LogP contribution in [0.5, 0.6) is 5.75 Å². The van der Waals surface area contributed by atoms with Crippen LogP contribution in [0.25, 0.3) is 17.3 Å². The molecule has 1 amide bonds. The van der Waals surface area contributed by atoms with Gasteiger partial charge in [-0.15, -0.1) is 0 Å². The van der Waals surface area contributed by atoms with Crippen molar-refractivity contribution in [3.63, 3.8) is 0 Å². The number of hydrogen-bond acceptors (Lipinski definition) is 4. The first kappa shape index (κ1) is 19.1. The zero-order valence-electron chi connectivity index (χ0n) is 16.7. The predicted molar refractivity (Wildman–Crippen MR) is 109 cm³/mol. The monoisotopic (exact) mass is 365 g/mol. The summed E-state index contributed by atoms with van der Waals surface area (Å²) in [5, 5.41) is 2.96. The van der Waals surface area contributed by atoms with E-state index >= 15 is 0 Å². The number of amides is 1. The molecular formula is C22H27N3O2. The van der Waals surface area contributed by atoms with Gasteiger partial charge < -0.3 is 10.1 Å². The van der Waals surface area contributed by atoms with Gasteiger partial charge in [0.2, 0.25) is 5.91 Å². The van der Waals surface area contributed by atoms with Gasteiger partial charge in [-0.05, 0) is 62.4 Å². The lowest BCUT2D eigenvalue weighted by Crippen LogP contribution is -2.18. The first-order chi connectivity index (χ1) is 12.9. The molecule has 0 unspecified atom stereocenters. The Morgan fingerprint density at radius 3 is 2.70 bits per heavy atom. The third-order valence-electron chi connectivity index (χ3n) is 4.47. The van der Waals surface area contributed by atoms with Crippen LogP contribution in [0.2, 0.25) is 0 Å². The third-order valence-corrected chi connectivity index (χ3v) is 4.47. The number of carbonyl (C=O) groups excluding carboxylic acids is 1. The van der Waals surface area contributed by atoms with Gasteiger partial charge in [0.15, 0.2) is 5.82 Å². The van der Waals surface area contributed by atoms with Crippen LogP contribution in [0, 0.1) is 5.92 Å². The molecule has 0 saturated carbocycles. The van der Waals surface area contributed by atoms with Crippen molar-refractivity contribution in [2.24, 2.45) is 5.92 Å². The Kier molecular flexibility index (Phi) is 5.59.